The van der Waals surface area contributed by atoms with Gasteiger partial charge in [0, 0.05) is 61.1 Å². The Kier molecular flexibility index (Phi) is 10.2. The van der Waals surface area contributed by atoms with E-state index < -0.39 is 0 Å². The summed E-state index contributed by atoms with van der Waals surface area (Å²) in [5.41, 5.74) is 15.5. The molecule has 11 aromatic rings. The molecule has 0 amide bonds. The van der Waals surface area contributed by atoms with Gasteiger partial charge in [0.15, 0.2) is 0 Å². The molecule has 0 aliphatic carbocycles. The van der Waals surface area contributed by atoms with Crippen LogP contribution in [0.5, 0.6) is 0 Å². The van der Waals surface area contributed by atoms with Crippen molar-refractivity contribution in [1.82, 2.24) is 0 Å². The van der Waals surface area contributed by atoms with Crippen molar-refractivity contribution in [1.29, 1.82) is 0 Å². The van der Waals surface area contributed by atoms with E-state index in [4.69, 9.17) is 8.83 Å². The van der Waals surface area contributed by atoms with E-state index >= 15 is 0 Å². The fraction of sp³-hybridized carbons (Fsp3) is 0.194. The standard InChI is InChI=1S/C62H56N2O2/c1-37(2)41-9-19-47(20-10-41)63(48-21-11-42(12-22-48)38(3)4)51-27-31-53-45(35-51)17-29-55-56-33-34-58-59(62(56)66-60(53)55)57-30-18-46-36-52(28-32-54(46)61(57)65-58)64(49-23-13-43(14-24-49)39(5)6)50-25-15-44(16-26-50)40(7)8/h9-40H,1-8H3. The molecule has 0 saturated carbocycles. The molecule has 0 aliphatic rings. The molecule has 0 saturated heterocycles. The van der Waals surface area contributed by atoms with Crippen molar-refractivity contribution in [2.45, 2.75) is 79.1 Å². The number of fused-ring (bicyclic) bond motifs is 11. The zero-order chi connectivity index (χ0) is 45.4. The topological polar surface area (TPSA) is 32.8 Å². The summed E-state index contributed by atoms with van der Waals surface area (Å²) < 4.78 is 13.8. The first-order chi connectivity index (χ1) is 32.0. The van der Waals surface area contributed by atoms with Crippen molar-refractivity contribution in [2.75, 3.05) is 9.80 Å². The number of rotatable bonds is 10. The van der Waals surface area contributed by atoms with Gasteiger partial charge in [-0.1, -0.05) is 116 Å². The van der Waals surface area contributed by atoms with Gasteiger partial charge >= 0.3 is 0 Å². The minimum absolute atomic E-state index is 0.465. The summed E-state index contributed by atoms with van der Waals surface area (Å²) >= 11 is 0. The van der Waals surface area contributed by atoms with E-state index in [2.05, 4.69) is 235 Å². The molecular weight excluding hydrogens is 805 g/mol. The van der Waals surface area contributed by atoms with Gasteiger partial charge in [-0.2, -0.15) is 0 Å². The summed E-state index contributed by atoms with van der Waals surface area (Å²) in [4.78, 5) is 4.71. The molecule has 0 atom stereocenters. The van der Waals surface area contributed by atoms with E-state index in [0.29, 0.717) is 23.7 Å². The molecule has 2 heterocycles. The number of anilines is 6. The van der Waals surface area contributed by atoms with Crippen LogP contribution in [-0.4, -0.2) is 0 Å². The molecule has 66 heavy (non-hydrogen) atoms. The van der Waals surface area contributed by atoms with E-state index in [-0.39, 0.29) is 0 Å². The Hall–Kier alpha value is -7.30. The van der Waals surface area contributed by atoms with E-state index in [0.717, 1.165) is 99.5 Å². The molecule has 0 spiro atoms. The highest BCUT2D eigenvalue weighted by Crippen LogP contribution is 2.45. The highest BCUT2D eigenvalue weighted by atomic mass is 16.3. The second-order valence-corrected chi connectivity index (χ2v) is 19.4. The fourth-order valence-electron chi connectivity index (χ4n) is 9.85. The summed E-state index contributed by atoms with van der Waals surface area (Å²) in [5.74, 6) is 1.86. The van der Waals surface area contributed by atoms with Crippen LogP contribution in [0.3, 0.4) is 0 Å². The molecule has 0 bridgehead atoms. The normalized spacial score (nSPS) is 12.2. The van der Waals surface area contributed by atoms with Gasteiger partial charge < -0.3 is 18.6 Å². The number of benzene rings is 9. The lowest BCUT2D eigenvalue weighted by molar-refractivity contribution is 0.666. The monoisotopic (exact) mass is 860 g/mol. The van der Waals surface area contributed by atoms with Crippen molar-refractivity contribution < 1.29 is 8.83 Å². The van der Waals surface area contributed by atoms with Gasteiger partial charge in [0.1, 0.15) is 22.3 Å². The number of nitrogens with zero attached hydrogens (tertiary/aromatic N) is 2. The van der Waals surface area contributed by atoms with Gasteiger partial charge in [-0.25, -0.2) is 0 Å². The summed E-state index contributed by atoms with van der Waals surface area (Å²) in [5, 5.41) is 8.63. The average Bonchev–Trinajstić information content (AvgIpc) is 3.91. The van der Waals surface area contributed by atoms with Gasteiger partial charge in [0.25, 0.3) is 0 Å². The Morgan fingerprint density at radius 3 is 1.00 bits per heavy atom. The number of hydrogen-bond donors (Lipinski definition) is 0. The predicted molar refractivity (Wildman–Crippen MR) is 282 cm³/mol. The zero-order valence-corrected chi connectivity index (χ0v) is 39.2. The zero-order valence-electron chi connectivity index (χ0n) is 39.2. The lowest BCUT2D eigenvalue weighted by Gasteiger charge is -2.26. The molecule has 0 fully saturated rings. The molecule has 0 radical (unpaired) electrons. The first-order valence-electron chi connectivity index (χ1n) is 23.7. The van der Waals surface area contributed by atoms with Crippen LogP contribution in [0.4, 0.5) is 34.1 Å². The number of hydrogen-bond acceptors (Lipinski definition) is 4. The predicted octanol–water partition coefficient (Wildman–Crippen LogP) is 19.2. The highest BCUT2D eigenvalue weighted by Gasteiger charge is 2.22. The molecule has 0 unspecified atom stereocenters. The maximum atomic E-state index is 7.01. The Morgan fingerprint density at radius 1 is 0.288 bits per heavy atom. The lowest BCUT2D eigenvalue weighted by Crippen LogP contribution is -2.10. The average molecular weight is 861 g/mol. The van der Waals surface area contributed by atoms with E-state index in [9.17, 15) is 0 Å². The number of furan rings is 2. The van der Waals surface area contributed by atoms with Crippen LogP contribution in [0.15, 0.2) is 179 Å². The van der Waals surface area contributed by atoms with E-state index in [1.54, 1.807) is 0 Å². The minimum Gasteiger partial charge on any atom is -0.455 e. The summed E-state index contributed by atoms with van der Waals surface area (Å²) in [6.45, 7) is 17.9. The van der Waals surface area contributed by atoms with E-state index in [1.165, 1.54) is 22.3 Å². The van der Waals surface area contributed by atoms with Crippen molar-refractivity contribution in [3.05, 3.63) is 192 Å². The first kappa shape index (κ1) is 41.4. The minimum atomic E-state index is 0.465. The molecule has 9 aromatic carbocycles. The molecule has 4 heteroatoms. The Bertz CT molecular complexity index is 3470. The highest BCUT2D eigenvalue weighted by molar-refractivity contribution is 6.27. The summed E-state index contributed by atoms with van der Waals surface area (Å²) in [6, 6.07) is 62.6. The quantitative estimate of drug-likeness (QED) is 0.137. The van der Waals surface area contributed by atoms with E-state index in [1.807, 2.05) is 0 Å². The molecule has 0 aliphatic heterocycles. The third kappa shape index (κ3) is 7.07. The lowest BCUT2D eigenvalue weighted by atomic mass is 10.0. The van der Waals surface area contributed by atoms with Gasteiger partial charge in [0.05, 0.1) is 5.39 Å². The molecule has 0 N–H and O–H groups in total. The largest absolute Gasteiger partial charge is 0.455 e. The van der Waals surface area contributed by atoms with Crippen LogP contribution in [0.25, 0.3) is 65.4 Å². The van der Waals surface area contributed by atoms with Crippen LogP contribution >= 0.6 is 0 Å². The Balaban J connectivity index is 1.01. The Labute approximate surface area is 387 Å². The second-order valence-electron chi connectivity index (χ2n) is 19.4. The first-order valence-corrected chi connectivity index (χ1v) is 23.7. The third-order valence-corrected chi connectivity index (χ3v) is 13.8. The smallest absolute Gasteiger partial charge is 0.147 e. The third-order valence-electron chi connectivity index (χ3n) is 13.8. The van der Waals surface area contributed by atoms with Crippen molar-refractivity contribution in [2.24, 2.45) is 0 Å². The SMILES string of the molecule is CC(C)c1ccc(N(c2ccc(C(C)C)cc2)c2ccc3c(ccc4c5ccc6oc7c8ccc(N(c9ccc(C(C)C)cc9)c9ccc(C(C)C)cc9)cc8ccc7c6c5oc34)c2)cc1. The van der Waals surface area contributed by atoms with Crippen molar-refractivity contribution in [3.63, 3.8) is 0 Å². The molecule has 2 aromatic heterocycles. The van der Waals surface area contributed by atoms with Crippen LogP contribution in [0.2, 0.25) is 0 Å². The fourth-order valence-corrected chi connectivity index (χ4v) is 9.85. The molecule has 326 valence electrons. The van der Waals surface area contributed by atoms with Gasteiger partial charge in [-0.05, 0) is 166 Å². The molecule has 11 rings (SSSR count). The summed E-state index contributed by atoms with van der Waals surface area (Å²) in [7, 11) is 0. The van der Waals surface area contributed by atoms with Crippen molar-refractivity contribution >= 4 is 99.5 Å². The molecule has 4 nitrogen and oxygen atoms in total. The Morgan fingerprint density at radius 2 is 0.606 bits per heavy atom. The summed E-state index contributed by atoms with van der Waals surface area (Å²) in [6.07, 6.45) is 0. The van der Waals surface area contributed by atoms with Crippen LogP contribution in [0.1, 0.15) is 101 Å². The molecular formula is C62H56N2O2. The van der Waals surface area contributed by atoms with Gasteiger partial charge in [0.2, 0.25) is 0 Å². The van der Waals surface area contributed by atoms with Crippen LogP contribution in [-0.2, 0) is 0 Å². The maximum absolute atomic E-state index is 7.01. The second kappa shape index (κ2) is 16.3. The van der Waals surface area contributed by atoms with Gasteiger partial charge in [-0.3, -0.25) is 0 Å². The maximum Gasteiger partial charge on any atom is 0.147 e. The van der Waals surface area contributed by atoms with Crippen molar-refractivity contribution in [3.8, 4) is 0 Å². The van der Waals surface area contributed by atoms with Crippen LogP contribution in [0, 0.1) is 0 Å². The van der Waals surface area contributed by atoms with Crippen LogP contribution < -0.4 is 9.80 Å². The van der Waals surface area contributed by atoms with Gasteiger partial charge in [-0.15, -0.1) is 0 Å².